The molecule has 3 aromatic heterocycles. The van der Waals surface area contributed by atoms with Crippen molar-refractivity contribution in [3.63, 3.8) is 0 Å². The minimum atomic E-state index is -0.346. The lowest BCUT2D eigenvalue weighted by molar-refractivity contribution is -0.111. The van der Waals surface area contributed by atoms with Crippen molar-refractivity contribution < 1.29 is 14.3 Å². The molecule has 2 aromatic carbocycles. The van der Waals surface area contributed by atoms with Gasteiger partial charge >= 0.3 is 0 Å². The van der Waals surface area contributed by atoms with Crippen molar-refractivity contribution in [1.29, 1.82) is 5.26 Å². The van der Waals surface area contributed by atoms with E-state index in [1.165, 1.54) is 12.1 Å². The average Bonchev–Trinajstić information content (AvgIpc) is 3.66. The maximum absolute atomic E-state index is 13.6. The second-order valence-electron chi connectivity index (χ2n) is 11.5. The Hall–Kier alpha value is -5.11. The van der Waals surface area contributed by atoms with Gasteiger partial charge in [-0.25, -0.2) is 9.97 Å². The van der Waals surface area contributed by atoms with E-state index in [0.29, 0.717) is 29.9 Å². The highest BCUT2D eigenvalue weighted by Crippen LogP contribution is 2.32. The molecule has 0 spiro atoms. The third kappa shape index (κ3) is 6.13. The Morgan fingerprint density at radius 3 is 2.69 bits per heavy atom. The van der Waals surface area contributed by atoms with E-state index >= 15 is 0 Å². The van der Waals surface area contributed by atoms with Gasteiger partial charge in [0, 0.05) is 50.1 Å². The second kappa shape index (κ2) is 12.9. The number of imidazole rings is 2. The molecule has 0 atom stereocenters. The first-order valence-corrected chi connectivity index (χ1v) is 15.1. The number of nitrogens with zero attached hydrogens (tertiary/aromatic N) is 5. The van der Waals surface area contributed by atoms with E-state index in [9.17, 15) is 14.9 Å². The monoisotopic (exact) mass is 601 g/mol. The van der Waals surface area contributed by atoms with Crippen LogP contribution in [0.4, 0.5) is 5.69 Å². The van der Waals surface area contributed by atoms with Gasteiger partial charge in [-0.2, -0.15) is 5.26 Å². The summed E-state index contributed by atoms with van der Waals surface area (Å²) in [6, 6.07) is 15.2. The molecule has 1 fully saturated rings. The van der Waals surface area contributed by atoms with Gasteiger partial charge in [0.25, 0.3) is 0 Å². The number of aryl methyl sites for hydroxylation is 2. The summed E-state index contributed by atoms with van der Waals surface area (Å²) in [5, 5.41) is 16.0. The van der Waals surface area contributed by atoms with Crippen LogP contribution in [0, 0.1) is 18.3 Å². The smallest absolute Gasteiger partial charge is 0.248 e. The molecule has 3 heterocycles. The normalized spacial score (nSPS) is 16.8. The predicted molar refractivity (Wildman–Crippen MR) is 173 cm³/mol. The molecule has 10 nitrogen and oxygen atoms in total. The van der Waals surface area contributed by atoms with Crippen LogP contribution in [0.1, 0.15) is 53.0 Å². The van der Waals surface area contributed by atoms with Crippen LogP contribution in [-0.2, 0) is 16.6 Å². The number of amides is 1. The molecule has 1 saturated carbocycles. The average molecular weight is 602 g/mol. The van der Waals surface area contributed by atoms with Crippen molar-refractivity contribution in [2.75, 3.05) is 19.0 Å². The van der Waals surface area contributed by atoms with E-state index in [2.05, 4.69) is 45.7 Å². The Balaban J connectivity index is 1.16. The minimum Gasteiger partial charge on any atom is -0.381 e. The fourth-order valence-electron chi connectivity index (χ4n) is 6.08. The lowest BCUT2D eigenvalue weighted by atomic mass is 9.93. The van der Waals surface area contributed by atoms with Crippen LogP contribution in [0.15, 0.2) is 73.3 Å². The quantitative estimate of drug-likeness (QED) is 0.173. The van der Waals surface area contributed by atoms with Crippen molar-refractivity contribution in [1.82, 2.24) is 24.3 Å². The molecule has 6 rings (SSSR count). The van der Waals surface area contributed by atoms with Crippen molar-refractivity contribution in [3.05, 3.63) is 95.9 Å². The summed E-state index contributed by atoms with van der Waals surface area (Å²) in [5.74, 6) is -0.444. The van der Waals surface area contributed by atoms with E-state index in [4.69, 9.17) is 4.74 Å². The maximum Gasteiger partial charge on any atom is 0.248 e. The predicted octanol–water partition coefficient (Wildman–Crippen LogP) is 5.34. The molecule has 0 aliphatic heterocycles. The summed E-state index contributed by atoms with van der Waals surface area (Å²) in [6.07, 6.45) is 13.0. The van der Waals surface area contributed by atoms with Gasteiger partial charge in [-0.1, -0.05) is 12.1 Å². The van der Waals surface area contributed by atoms with E-state index in [1.54, 1.807) is 48.4 Å². The fraction of sp³-hybridized carbons (Fsp3) is 0.286. The number of carbonyl (C=O) groups excluding carboxylic acids is 2. The molecule has 1 aliphatic carbocycles. The Labute approximate surface area is 261 Å². The number of hydrogen-bond donors (Lipinski definition) is 2. The van der Waals surface area contributed by atoms with Gasteiger partial charge in [0.15, 0.2) is 5.82 Å². The molecule has 45 heavy (non-hydrogen) atoms. The number of fused-ring (bicyclic) bond motifs is 2. The van der Waals surface area contributed by atoms with E-state index in [-0.39, 0.29) is 23.1 Å². The number of anilines is 1. The first kappa shape index (κ1) is 29.9. The molecule has 1 amide bonds. The molecule has 0 unspecified atom stereocenters. The maximum atomic E-state index is 13.6. The zero-order valence-electron chi connectivity index (χ0n) is 25.6. The number of benzene rings is 2. The number of carbonyl (C=O) groups is 2. The fourth-order valence-corrected chi connectivity index (χ4v) is 6.08. The van der Waals surface area contributed by atoms with Crippen LogP contribution < -0.4 is 10.6 Å². The van der Waals surface area contributed by atoms with Gasteiger partial charge in [-0.05, 0) is 80.1 Å². The van der Waals surface area contributed by atoms with Crippen LogP contribution in [0.3, 0.4) is 0 Å². The topological polar surface area (TPSA) is 126 Å². The van der Waals surface area contributed by atoms with Crippen molar-refractivity contribution in [3.8, 4) is 17.2 Å². The summed E-state index contributed by atoms with van der Waals surface area (Å²) in [4.78, 5) is 35.2. The lowest BCUT2D eigenvalue weighted by Gasteiger charge is -2.27. The van der Waals surface area contributed by atoms with Crippen molar-refractivity contribution in [2.24, 2.45) is 7.05 Å². The zero-order chi connectivity index (χ0) is 31.5. The molecule has 0 radical (unpaired) electrons. The summed E-state index contributed by atoms with van der Waals surface area (Å²) < 4.78 is 9.17. The molecule has 0 saturated heterocycles. The van der Waals surface area contributed by atoms with E-state index < -0.39 is 0 Å². The summed E-state index contributed by atoms with van der Waals surface area (Å²) >= 11 is 0. The van der Waals surface area contributed by atoms with Crippen molar-refractivity contribution in [2.45, 2.75) is 44.8 Å². The Bertz CT molecular complexity index is 1970. The number of nitrogens with one attached hydrogen (secondary N) is 2. The van der Waals surface area contributed by atoms with Gasteiger partial charge in [0.2, 0.25) is 11.7 Å². The van der Waals surface area contributed by atoms with Gasteiger partial charge in [0.1, 0.15) is 6.07 Å². The molecular weight excluding hydrogens is 566 g/mol. The molecule has 1 aliphatic rings. The number of nitriles is 1. The number of aromatic nitrogens is 4. The third-order valence-electron chi connectivity index (χ3n) is 8.60. The number of rotatable bonds is 9. The molecule has 228 valence electrons. The molecule has 0 bridgehead atoms. The summed E-state index contributed by atoms with van der Waals surface area (Å²) in [6.45, 7) is 2.63. The largest absolute Gasteiger partial charge is 0.381 e. The highest BCUT2D eigenvalue weighted by molar-refractivity contribution is 6.08. The van der Waals surface area contributed by atoms with Crippen molar-refractivity contribution >= 4 is 33.9 Å². The zero-order valence-corrected chi connectivity index (χ0v) is 25.6. The van der Waals surface area contributed by atoms with Crippen LogP contribution in [0.5, 0.6) is 0 Å². The van der Waals surface area contributed by atoms with Crippen LogP contribution in [0.2, 0.25) is 0 Å². The lowest BCUT2D eigenvalue weighted by Crippen LogP contribution is -2.35. The van der Waals surface area contributed by atoms with E-state index in [0.717, 1.165) is 58.9 Å². The summed E-state index contributed by atoms with van der Waals surface area (Å²) in [7, 11) is 3.72. The molecule has 10 heteroatoms. The van der Waals surface area contributed by atoms with Gasteiger partial charge in [-0.3, -0.25) is 14.0 Å². The van der Waals surface area contributed by atoms with E-state index in [1.807, 2.05) is 23.7 Å². The Kier molecular flexibility index (Phi) is 8.56. The van der Waals surface area contributed by atoms with Crippen LogP contribution in [0.25, 0.3) is 27.7 Å². The minimum absolute atomic E-state index is 0.191. The van der Waals surface area contributed by atoms with Gasteiger partial charge < -0.3 is 19.9 Å². The first-order valence-electron chi connectivity index (χ1n) is 15.1. The molecule has 2 N–H and O–H groups in total. The standard InChI is InChI=1S/C35H35N7O3/c1-22-16-31-30(39-21-41(31)2)18-28(22)27-6-5-15-42-32(27)20-38-35(42)34(44)23-8-13-29(24(17-23)19-36)40-33(43)7-4-14-37-25-9-11-26(45-3)12-10-25/h4-8,13,15-18,20-21,25-26,37H,9-12,14H2,1-3H3,(H,40,43)/b7-4+. The first-order chi connectivity index (χ1) is 21.9. The highest BCUT2D eigenvalue weighted by atomic mass is 16.5. The highest BCUT2D eigenvalue weighted by Gasteiger charge is 2.21. The Morgan fingerprint density at radius 2 is 1.91 bits per heavy atom. The SMILES string of the molecule is COC1CCC(NC/C=C/C(=O)Nc2ccc(C(=O)c3ncc4c(-c5cc6ncn(C)c6cc5C)cccn34)cc2C#N)CC1. The van der Waals surface area contributed by atoms with Gasteiger partial charge in [0.05, 0.1) is 46.4 Å². The van der Waals surface area contributed by atoms with Crippen LogP contribution >= 0.6 is 0 Å². The van der Waals surface area contributed by atoms with Crippen LogP contribution in [-0.4, -0.2) is 56.4 Å². The Morgan fingerprint density at radius 1 is 1.09 bits per heavy atom. The van der Waals surface area contributed by atoms with Gasteiger partial charge in [-0.15, -0.1) is 0 Å². The molecule has 5 aromatic rings. The number of methoxy groups -OCH3 is 1. The number of pyridine rings is 1. The molecular formula is C35H35N7O3. The number of ketones is 1. The summed E-state index contributed by atoms with van der Waals surface area (Å²) in [5.41, 5.74) is 6.58. The number of hydrogen-bond acceptors (Lipinski definition) is 7. The number of ether oxygens (including phenoxy) is 1. The third-order valence-corrected chi connectivity index (χ3v) is 8.60. The second-order valence-corrected chi connectivity index (χ2v) is 11.5.